The summed E-state index contributed by atoms with van der Waals surface area (Å²) in [5.41, 5.74) is 6.24. The van der Waals surface area contributed by atoms with E-state index in [2.05, 4.69) is 23.6 Å². The first kappa shape index (κ1) is 36.1. The third kappa shape index (κ3) is 10.6. The molecule has 0 saturated heterocycles. The molecule has 0 bridgehead atoms. The molecule has 0 heterocycles. The first-order valence-electron chi connectivity index (χ1n) is 16.8. The average molecular weight is 618 g/mol. The van der Waals surface area contributed by atoms with Crippen LogP contribution < -0.4 is 25.8 Å². The van der Waals surface area contributed by atoms with Crippen LogP contribution >= 0.6 is 0 Å². The second-order valence-electron chi connectivity index (χ2n) is 13.9. The van der Waals surface area contributed by atoms with Crippen molar-refractivity contribution in [3.63, 3.8) is 0 Å². The minimum Gasteiger partial charge on any atom is -0.493 e. The minimum absolute atomic E-state index is 0.0258. The molecule has 2 saturated carbocycles. The number of aliphatic hydroxyl groups is 1. The van der Waals surface area contributed by atoms with E-state index in [-0.39, 0.29) is 41.5 Å². The van der Waals surface area contributed by atoms with Gasteiger partial charge in [0.15, 0.2) is 11.5 Å². The first-order chi connectivity index (χ1) is 20.9. The van der Waals surface area contributed by atoms with Crippen molar-refractivity contribution in [1.29, 1.82) is 0 Å². The molecule has 3 rings (SSSR count). The molecule has 0 radical (unpaired) electrons. The summed E-state index contributed by atoms with van der Waals surface area (Å²) in [6.07, 6.45) is 9.18. The van der Waals surface area contributed by atoms with Gasteiger partial charge in [0.25, 0.3) is 0 Å². The molecule has 0 aromatic heterocycles. The number of carbonyl (C=O) groups is 2. The highest BCUT2D eigenvalue weighted by Gasteiger charge is 2.41. The van der Waals surface area contributed by atoms with E-state index in [4.69, 9.17) is 19.9 Å². The summed E-state index contributed by atoms with van der Waals surface area (Å²) in [5.74, 6) is 1.47. The molecule has 0 spiro atoms. The number of ether oxygens (including phenoxy) is 3. The molecular formula is C35H59N3O6. The molecule has 9 heteroatoms. The van der Waals surface area contributed by atoms with Crippen LogP contribution in [0, 0.1) is 23.7 Å². The molecule has 4 atom stereocenters. The summed E-state index contributed by atoms with van der Waals surface area (Å²) < 4.78 is 16.6. The van der Waals surface area contributed by atoms with Crippen molar-refractivity contribution in [1.82, 2.24) is 10.6 Å². The fourth-order valence-electron chi connectivity index (χ4n) is 6.41. The predicted molar refractivity (Wildman–Crippen MR) is 174 cm³/mol. The second-order valence-corrected chi connectivity index (χ2v) is 13.9. The number of methoxy groups -OCH3 is 2. The van der Waals surface area contributed by atoms with E-state index in [0.717, 1.165) is 63.4 Å². The SMILES string of the molecule is CC[C@@H](Cc1ccc(OC)c(OCCCOC)c1)C[C@H](N)[C@@](C)(O)C[C@H](C(=O)NCC1(NC(=O)C2CC2)CCCC1)C(C)C. The highest BCUT2D eigenvalue weighted by atomic mass is 16.5. The molecular weight excluding hydrogens is 558 g/mol. The largest absolute Gasteiger partial charge is 0.493 e. The number of hydrogen-bond acceptors (Lipinski definition) is 7. The molecule has 5 N–H and O–H groups in total. The maximum atomic E-state index is 13.5. The van der Waals surface area contributed by atoms with Gasteiger partial charge in [0.1, 0.15) is 0 Å². The lowest BCUT2D eigenvalue weighted by atomic mass is 9.77. The molecule has 1 aromatic rings. The standard InChI is InChI=1S/C35H59N3O6/c1-7-25(19-26-11-14-29(43-6)30(20-26)44-18-10-17-42-5)21-31(36)34(4,41)22-28(24(2)3)33(40)37-23-35(15-8-9-16-35)38-32(39)27-12-13-27/h11,14,20,24-25,27-28,31,41H,7-10,12-13,15-19,21-23,36H2,1-6H3,(H,37,40)(H,38,39)/t25-,28-,31-,34-/m0/s1. The van der Waals surface area contributed by atoms with Crippen molar-refractivity contribution >= 4 is 11.8 Å². The van der Waals surface area contributed by atoms with E-state index in [1.165, 1.54) is 0 Å². The van der Waals surface area contributed by atoms with Crippen LogP contribution in [0.3, 0.4) is 0 Å². The van der Waals surface area contributed by atoms with Gasteiger partial charge in [-0.1, -0.05) is 46.1 Å². The number of nitrogens with two attached hydrogens (primary N) is 1. The summed E-state index contributed by atoms with van der Waals surface area (Å²) in [6, 6.07) is 5.52. The van der Waals surface area contributed by atoms with Crippen molar-refractivity contribution in [3.05, 3.63) is 23.8 Å². The maximum absolute atomic E-state index is 13.5. The third-order valence-electron chi connectivity index (χ3n) is 9.74. The van der Waals surface area contributed by atoms with Gasteiger partial charge in [0.2, 0.25) is 11.8 Å². The van der Waals surface area contributed by atoms with Crippen LogP contribution in [-0.4, -0.2) is 68.1 Å². The molecule has 44 heavy (non-hydrogen) atoms. The molecule has 2 aliphatic carbocycles. The van der Waals surface area contributed by atoms with Crippen LogP contribution in [0.5, 0.6) is 11.5 Å². The van der Waals surface area contributed by atoms with Crippen molar-refractivity contribution in [2.45, 2.75) is 116 Å². The molecule has 1 aromatic carbocycles. The van der Waals surface area contributed by atoms with Gasteiger partial charge in [-0.3, -0.25) is 9.59 Å². The Hall–Kier alpha value is -2.36. The smallest absolute Gasteiger partial charge is 0.223 e. The van der Waals surface area contributed by atoms with Gasteiger partial charge in [-0.05, 0) is 81.4 Å². The van der Waals surface area contributed by atoms with Crippen LogP contribution in [0.2, 0.25) is 0 Å². The maximum Gasteiger partial charge on any atom is 0.223 e. The van der Waals surface area contributed by atoms with Crippen molar-refractivity contribution in [3.8, 4) is 11.5 Å². The minimum atomic E-state index is -1.22. The fourth-order valence-corrected chi connectivity index (χ4v) is 6.41. The van der Waals surface area contributed by atoms with Crippen LogP contribution in [0.25, 0.3) is 0 Å². The van der Waals surface area contributed by atoms with Gasteiger partial charge in [0, 0.05) is 44.6 Å². The second kappa shape index (κ2) is 16.8. The zero-order chi connectivity index (χ0) is 32.3. The Labute approximate surface area is 265 Å². The Morgan fingerprint density at radius 2 is 1.84 bits per heavy atom. The highest BCUT2D eigenvalue weighted by molar-refractivity contribution is 5.82. The van der Waals surface area contributed by atoms with Gasteiger partial charge in [0.05, 0.1) is 24.9 Å². The average Bonchev–Trinajstić information content (AvgIpc) is 3.76. The molecule has 250 valence electrons. The van der Waals surface area contributed by atoms with Crippen molar-refractivity contribution in [2.24, 2.45) is 29.4 Å². The van der Waals surface area contributed by atoms with Gasteiger partial charge in [-0.2, -0.15) is 0 Å². The molecule has 2 aliphatic rings. The molecule has 9 nitrogen and oxygen atoms in total. The Morgan fingerprint density at radius 1 is 1.14 bits per heavy atom. The molecule has 0 unspecified atom stereocenters. The zero-order valence-electron chi connectivity index (χ0n) is 28.1. The summed E-state index contributed by atoms with van der Waals surface area (Å²) in [7, 11) is 3.31. The van der Waals surface area contributed by atoms with Gasteiger partial charge in [-0.25, -0.2) is 0 Å². The Kier molecular flexibility index (Phi) is 13.8. The van der Waals surface area contributed by atoms with Crippen LogP contribution in [0.4, 0.5) is 0 Å². The summed E-state index contributed by atoms with van der Waals surface area (Å²) in [4.78, 5) is 26.1. The van der Waals surface area contributed by atoms with Crippen LogP contribution in [0.15, 0.2) is 18.2 Å². The number of benzene rings is 1. The normalized spacial score (nSPS) is 19.6. The van der Waals surface area contributed by atoms with E-state index >= 15 is 0 Å². The third-order valence-corrected chi connectivity index (χ3v) is 9.74. The van der Waals surface area contributed by atoms with E-state index in [1.807, 2.05) is 26.0 Å². The van der Waals surface area contributed by atoms with E-state index in [9.17, 15) is 14.7 Å². The Bertz CT molecular complexity index is 1050. The van der Waals surface area contributed by atoms with Crippen LogP contribution in [-0.2, 0) is 20.7 Å². The summed E-state index contributed by atoms with van der Waals surface area (Å²) >= 11 is 0. The van der Waals surface area contributed by atoms with Crippen LogP contribution in [0.1, 0.15) is 97.5 Å². The molecule has 0 aliphatic heterocycles. The van der Waals surface area contributed by atoms with Gasteiger partial charge in [-0.15, -0.1) is 0 Å². The van der Waals surface area contributed by atoms with E-state index < -0.39 is 17.6 Å². The lowest BCUT2D eigenvalue weighted by Gasteiger charge is -2.37. The Balaban J connectivity index is 1.59. The van der Waals surface area contributed by atoms with E-state index in [1.54, 1.807) is 21.1 Å². The van der Waals surface area contributed by atoms with Gasteiger partial charge < -0.3 is 35.7 Å². The lowest BCUT2D eigenvalue weighted by molar-refractivity contribution is -0.130. The predicted octanol–water partition coefficient (Wildman–Crippen LogP) is 4.77. The summed E-state index contributed by atoms with van der Waals surface area (Å²) in [5, 5.41) is 18.1. The lowest BCUT2D eigenvalue weighted by Crippen LogP contribution is -2.56. The number of rotatable bonds is 20. The number of hydrogen-bond donors (Lipinski definition) is 4. The first-order valence-corrected chi connectivity index (χ1v) is 16.8. The number of carbonyl (C=O) groups excluding carboxylic acids is 2. The quantitative estimate of drug-likeness (QED) is 0.155. The highest BCUT2D eigenvalue weighted by Crippen LogP contribution is 2.35. The van der Waals surface area contributed by atoms with Crippen molar-refractivity contribution < 1.29 is 28.9 Å². The molecule has 2 fully saturated rings. The van der Waals surface area contributed by atoms with E-state index in [0.29, 0.717) is 37.7 Å². The topological polar surface area (TPSA) is 132 Å². The Morgan fingerprint density at radius 3 is 2.43 bits per heavy atom. The van der Waals surface area contributed by atoms with Gasteiger partial charge >= 0.3 is 0 Å². The van der Waals surface area contributed by atoms with Crippen molar-refractivity contribution in [2.75, 3.05) is 34.0 Å². The summed E-state index contributed by atoms with van der Waals surface area (Å²) in [6.45, 7) is 9.54. The number of nitrogens with one attached hydrogen (secondary N) is 2. The fraction of sp³-hybridized carbons (Fsp3) is 0.771. The monoisotopic (exact) mass is 617 g/mol. The zero-order valence-corrected chi connectivity index (χ0v) is 28.1. The number of amides is 2. The molecule has 2 amide bonds.